The van der Waals surface area contributed by atoms with Gasteiger partial charge in [0.25, 0.3) is 0 Å². The van der Waals surface area contributed by atoms with Crippen LogP contribution in [0.2, 0.25) is 0 Å². The second-order valence-corrected chi connectivity index (χ2v) is 6.70. The molecule has 2 atom stereocenters. The summed E-state index contributed by atoms with van der Waals surface area (Å²) in [7, 11) is 0. The third-order valence-corrected chi connectivity index (χ3v) is 4.31. The Morgan fingerprint density at radius 1 is 1.45 bits per heavy atom. The van der Waals surface area contributed by atoms with Crippen LogP contribution in [0.1, 0.15) is 19.4 Å². The number of carbonyl (C=O) groups is 1. The quantitative estimate of drug-likeness (QED) is 0.871. The van der Waals surface area contributed by atoms with Crippen molar-refractivity contribution >= 4 is 17.9 Å². The predicted octanol–water partition coefficient (Wildman–Crippen LogP) is 3.05. The molecule has 6 heteroatoms. The predicted molar refractivity (Wildman–Crippen MR) is 87.1 cm³/mol. The second kappa shape index (κ2) is 7.35. The molecule has 1 aromatic rings. The van der Waals surface area contributed by atoms with Gasteiger partial charge in [-0.1, -0.05) is 30.3 Å². The molecular weight excluding hydrogens is 302 g/mol. The highest BCUT2D eigenvalue weighted by Gasteiger charge is 2.40. The lowest BCUT2D eigenvalue weighted by Gasteiger charge is -2.33. The minimum atomic E-state index is -0.934. The van der Waals surface area contributed by atoms with E-state index >= 15 is 0 Å². The van der Waals surface area contributed by atoms with Crippen molar-refractivity contribution in [1.29, 1.82) is 0 Å². The Kier molecular flexibility index (Phi) is 5.72. The van der Waals surface area contributed by atoms with Gasteiger partial charge in [0.05, 0.1) is 12.6 Å². The molecule has 1 aromatic carbocycles. The van der Waals surface area contributed by atoms with Crippen LogP contribution in [0.4, 0.5) is 4.79 Å². The largest absolute Gasteiger partial charge is 0.465 e. The van der Waals surface area contributed by atoms with Crippen molar-refractivity contribution in [3.8, 4) is 0 Å². The van der Waals surface area contributed by atoms with E-state index in [1.807, 2.05) is 50.4 Å². The van der Waals surface area contributed by atoms with Gasteiger partial charge in [0.15, 0.2) is 5.79 Å². The number of nitrogens with zero attached hydrogens (tertiary/aromatic N) is 1. The first-order valence-electron chi connectivity index (χ1n) is 7.27. The monoisotopic (exact) mass is 325 g/mol. The number of benzene rings is 1. The summed E-state index contributed by atoms with van der Waals surface area (Å²) < 4.78 is 11.5. The lowest BCUT2D eigenvalue weighted by atomic mass is 10.1. The van der Waals surface area contributed by atoms with Crippen LogP contribution in [0.15, 0.2) is 30.3 Å². The number of rotatable bonds is 6. The van der Waals surface area contributed by atoms with E-state index in [-0.39, 0.29) is 12.1 Å². The molecule has 1 aliphatic heterocycles. The fourth-order valence-electron chi connectivity index (χ4n) is 2.58. The van der Waals surface area contributed by atoms with Crippen molar-refractivity contribution in [1.82, 2.24) is 4.90 Å². The Morgan fingerprint density at radius 3 is 2.64 bits per heavy atom. The molecule has 0 saturated carbocycles. The maximum Gasteiger partial charge on any atom is 0.407 e. The van der Waals surface area contributed by atoms with Crippen LogP contribution in [-0.4, -0.2) is 52.6 Å². The topological polar surface area (TPSA) is 59.0 Å². The molecule has 0 unspecified atom stereocenters. The molecule has 0 bridgehead atoms. The molecule has 122 valence electrons. The van der Waals surface area contributed by atoms with E-state index in [2.05, 4.69) is 0 Å². The average Bonchev–Trinajstić information content (AvgIpc) is 2.83. The Bertz CT molecular complexity index is 494. The number of carboxylic acid groups (broad SMARTS) is 1. The summed E-state index contributed by atoms with van der Waals surface area (Å²) in [5.74, 6) is 0.0154. The van der Waals surface area contributed by atoms with Gasteiger partial charge in [-0.05, 0) is 25.7 Å². The molecule has 1 saturated heterocycles. The summed E-state index contributed by atoms with van der Waals surface area (Å²) in [6, 6.07) is 9.37. The van der Waals surface area contributed by atoms with E-state index in [9.17, 15) is 9.90 Å². The maximum absolute atomic E-state index is 11.8. The van der Waals surface area contributed by atoms with Crippen molar-refractivity contribution in [2.75, 3.05) is 18.6 Å². The molecule has 1 aliphatic rings. The fraction of sp³-hybridized carbons (Fsp3) is 0.562. The zero-order valence-electron chi connectivity index (χ0n) is 13.2. The minimum absolute atomic E-state index is 0.241. The number of amides is 1. The molecule has 1 fully saturated rings. The van der Waals surface area contributed by atoms with Crippen LogP contribution < -0.4 is 0 Å². The first-order chi connectivity index (χ1) is 10.4. The molecule has 1 N–H and O–H groups in total. The molecular formula is C16H23NO4S. The highest BCUT2D eigenvalue weighted by Crippen LogP contribution is 2.28. The van der Waals surface area contributed by atoms with Gasteiger partial charge >= 0.3 is 6.09 Å². The maximum atomic E-state index is 11.8. The Hall–Kier alpha value is -1.24. The molecule has 5 nitrogen and oxygen atoms in total. The van der Waals surface area contributed by atoms with Crippen LogP contribution in [-0.2, 0) is 16.0 Å². The molecule has 1 heterocycles. The summed E-state index contributed by atoms with van der Waals surface area (Å²) in [6.07, 6.45) is 0.787. The standard InChI is InChI=1S/C16H23NO4S/c1-16(2)20-10-14(21-16)13(11-22-3)17(15(18)19)9-12-7-5-4-6-8-12/h4-8,13-14H,9-11H2,1-3H3,(H,18,19)/t13-,14+/m0/s1. The third kappa shape index (κ3) is 4.38. The highest BCUT2D eigenvalue weighted by atomic mass is 32.2. The first kappa shape index (κ1) is 17.1. The number of thioether (sulfide) groups is 1. The summed E-state index contributed by atoms with van der Waals surface area (Å²) in [5, 5.41) is 9.64. The Labute approximate surface area is 135 Å². The summed E-state index contributed by atoms with van der Waals surface area (Å²) in [6.45, 7) is 4.47. The number of hydrogen-bond acceptors (Lipinski definition) is 4. The van der Waals surface area contributed by atoms with Gasteiger partial charge in [0.2, 0.25) is 0 Å². The molecule has 0 aliphatic carbocycles. The molecule has 1 amide bonds. The van der Waals surface area contributed by atoms with Gasteiger partial charge < -0.3 is 14.6 Å². The number of hydrogen-bond donors (Lipinski definition) is 1. The summed E-state index contributed by atoms with van der Waals surface area (Å²) in [5.41, 5.74) is 0.967. The van der Waals surface area contributed by atoms with Gasteiger partial charge in [-0.3, -0.25) is 4.90 Å². The first-order valence-corrected chi connectivity index (χ1v) is 8.66. The van der Waals surface area contributed by atoms with Crippen molar-refractivity contribution in [2.24, 2.45) is 0 Å². The van der Waals surface area contributed by atoms with E-state index in [0.717, 1.165) is 5.56 Å². The number of ether oxygens (including phenoxy) is 2. The van der Waals surface area contributed by atoms with E-state index < -0.39 is 11.9 Å². The van der Waals surface area contributed by atoms with Crippen LogP contribution in [0.5, 0.6) is 0 Å². The fourth-order valence-corrected chi connectivity index (χ4v) is 3.32. The molecule has 22 heavy (non-hydrogen) atoms. The van der Waals surface area contributed by atoms with E-state index in [4.69, 9.17) is 9.47 Å². The zero-order valence-corrected chi connectivity index (χ0v) is 14.0. The van der Waals surface area contributed by atoms with E-state index in [1.54, 1.807) is 11.8 Å². The molecule has 2 rings (SSSR count). The zero-order chi connectivity index (χ0) is 16.2. The van der Waals surface area contributed by atoms with Crippen molar-refractivity contribution < 1.29 is 19.4 Å². The van der Waals surface area contributed by atoms with Gasteiger partial charge in [0, 0.05) is 12.3 Å². The summed E-state index contributed by atoms with van der Waals surface area (Å²) >= 11 is 1.61. The van der Waals surface area contributed by atoms with Crippen molar-refractivity contribution in [3.63, 3.8) is 0 Å². The normalized spacial score (nSPS) is 21.5. The highest BCUT2D eigenvalue weighted by molar-refractivity contribution is 7.98. The van der Waals surface area contributed by atoms with Crippen molar-refractivity contribution in [3.05, 3.63) is 35.9 Å². The smallest absolute Gasteiger partial charge is 0.407 e. The van der Waals surface area contributed by atoms with E-state index in [0.29, 0.717) is 18.9 Å². The molecule has 0 spiro atoms. The Morgan fingerprint density at radius 2 is 2.14 bits per heavy atom. The average molecular weight is 325 g/mol. The summed E-state index contributed by atoms with van der Waals surface area (Å²) in [4.78, 5) is 13.2. The molecule has 0 radical (unpaired) electrons. The van der Waals surface area contributed by atoms with Crippen molar-refractivity contribution in [2.45, 2.75) is 38.3 Å². The van der Waals surface area contributed by atoms with Gasteiger partial charge in [-0.15, -0.1) is 0 Å². The molecule has 0 aromatic heterocycles. The van der Waals surface area contributed by atoms with Gasteiger partial charge in [0.1, 0.15) is 6.10 Å². The van der Waals surface area contributed by atoms with Crippen LogP contribution >= 0.6 is 11.8 Å². The second-order valence-electron chi connectivity index (χ2n) is 5.79. The van der Waals surface area contributed by atoms with Crippen LogP contribution in [0.3, 0.4) is 0 Å². The van der Waals surface area contributed by atoms with Crippen LogP contribution in [0.25, 0.3) is 0 Å². The van der Waals surface area contributed by atoms with Crippen LogP contribution in [0, 0.1) is 0 Å². The van der Waals surface area contributed by atoms with Gasteiger partial charge in [-0.2, -0.15) is 11.8 Å². The Balaban J connectivity index is 2.17. The minimum Gasteiger partial charge on any atom is -0.465 e. The SMILES string of the molecule is CSC[C@@H]([C@H]1COC(C)(C)O1)N(Cc1ccccc1)C(=O)O. The lowest BCUT2D eigenvalue weighted by Crippen LogP contribution is -2.49. The third-order valence-electron chi connectivity index (χ3n) is 3.64. The van der Waals surface area contributed by atoms with Gasteiger partial charge in [-0.25, -0.2) is 4.79 Å². The lowest BCUT2D eigenvalue weighted by molar-refractivity contribution is -0.144. The van der Waals surface area contributed by atoms with E-state index in [1.165, 1.54) is 4.90 Å².